The van der Waals surface area contributed by atoms with E-state index in [1.54, 1.807) is 6.08 Å². The molecule has 0 spiro atoms. The van der Waals surface area contributed by atoms with Gasteiger partial charge in [0.15, 0.2) is 0 Å². The maximum atomic E-state index is 13.8. The number of amides is 2. The van der Waals surface area contributed by atoms with Gasteiger partial charge in [0.05, 0.1) is 0 Å². The summed E-state index contributed by atoms with van der Waals surface area (Å²) in [6, 6.07) is 41.5. The molecule has 0 radical (unpaired) electrons. The maximum Gasteiger partial charge on any atom is 0.248 e. The number of benzene rings is 5. The molecule has 43 heavy (non-hydrogen) atoms. The van der Waals surface area contributed by atoms with E-state index in [1.807, 2.05) is 97.1 Å². The first kappa shape index (κ1) is 28.1. The van der Waals surface area contributed by atoms with Crippen LogP contribution >= 0.6 is 11.8 Å². The molecule has 0 aliphatic heterocycles. The van der Waals surface area contributed by atoms with Gasteiger partial charge in [-0.2, -0.15) is 0 Å². The van der Waals surface area contributed by atoms with Gasteiger partial charge in [0.2, 0.25) is 11.8 Å². The minimum absolute atomic E-state index is 0.0989. The molecule has 0 saturated heterocycles. The zero-order valence-electron chi connectivity index (χ0n) is 23.7. The molecule has 0 bridgehead atoms. The maximum absolute atomic E-state index is 13.8. The van der Waals surface area contributed by atoms with Gasteiger partial charge < -0.3 is 15.2 Å². The third-order valence-corrected chi connectivity index (χ3v) is 8.57. The van der Waals surface area contributed by atoms with Crippen molar-refractivity contribution in [2.24, 2.45) is 0 Å². The van der Waals surface area contributed by atoms with Crippen molar-refractivity contribution >= 4 is 62.8 Å². The van der Waals surface area contributed by atoms with Crippen LogP contribution in [0.15, 0.2) is 138 Å². The zero-order chi connectivity index (χ0) is 29.6. The fraction of sp³-hybridized carbons (Fsp3) is 0.0811. The molecule has 1 heterocycles. The number of carbonyl (C=O) groups is 2. The van der Waals surface area contributed by atoms with Crippen LogP contribution in [0.4, 0.5) is 11.4 Å². The molecule has 2 N–H and O–H groups in total. The number of fused-ring (bicyclic) bond motifs is 3. The molecule has 6 rings (SSSR count). The van der Waals surface area contributed by atoms with Gasteiger partial charge in [0, 0.05) is 50.7 Å². The predicted molar refractivity (Wildman–Crippen MR) is 179 cm³/mol. The van der Waals surface area contributed by atoms with E-state index in [9.17, 15) is 9.59 Å². The molecule has 5 aromatic carbocycles. The number of hydrogen-bond acceptors (Lipinski definition) is 3. The van der Waals surface area contributed by atoms with Crippen LogP contribution in [0.3, 0.4) is 0 Å². The summed E-state index contributed by atoms with van der Waals surface area (Å²) >= 11 is 1.48. The van der Waals surface area contributed by atoms with E-state index in [1.165, 1.54) is 28.7 Å². The average Bonchev–Trinajstić information content (AvgIpc) is 3.37. The first-order valence-corrected chi connectivity index (χ1v) is 15.1. The summed E-state index contributed by atoms with van der Waals surface area (Å²) in [5.41, 5.74) is 5.66. The van der Waals surface area contributed by atoms with Gasteiger partial charge in [-0.05, 0) is 72.7 Å². The van der Waals surface area contributed by atoms with Crippen molar-refractivity contribution in [3.63, 3.8) is 0 Å². The molecule has 6 aromatic rings. The van der Waals surface area contributed by atoms with E-state index >= 15 is 0 Å². The first-order chi connectivity index (χ1) is 21.1. The highest BCUT2D eigenvalue weighted by molar-refractivity contribution is 8.00. The Labute approximate surface area is 255 Å². The van der Waals surface area contributed by atoms with Gasteiger partial charge in [-0.1, -0.05) is 78.9 Å². The lowest BCUT2D eigenvalue weighted by Crippen LogP contribution is -2.19. The number of carbonyl (C=O) groups excluding carboxylic acids is 2. The second-order valence-corrected chi connectivity index (χ2v) is 11.3. The minimum atomic E-state index is -0.469. The van der Waals surface area contributed by atoms with Crippen LogP contribution in [0, 0.1) is 0 Å². The number of rotatable bonds is 9. The molecule has 6 heteroatoms. The Balaban J connectivity index is 1.19. The normalized spacial score (nSPS) is 12.0. The molecule has 1 unspecified atom stereocenters. The fourth-order valence-electron chi connectivity index (χ4n) is 5.25. The molecule has 0 aliphatic carbocycles. The van der Waals surface area contributed by atoms with Crippen molar-refractivity contribution < 1.29 is 9.59 Å². The number of nitrogens with one attached hydrogen (secondary N) is 2. The van der Waals surface area contributed by atoms with Crippen molar-refractivity contribution in [3.8, 4) is 0 Å². The van der Waals surface area contributed by atoms with Crippen LogP contribution in [-0.2, 0) is 16.1 Å². The molecular weight excluding hydrogens is 550 g/mol. The number of anilines is 2. The van der Waals surface area contributed by atoms with E-state index in [2.05, 4.69) is 52.5 Å². The van der Waals surface area contributed by atoms with Crippen molar-refractivity contribution in [2.75, 3.05) is 10.6 Å². The molecule has 212 valence electrons. The summed E-state index contributed by atoms with van der Waals surface area (Å²) in [6.07, 6.45) is 3.30. The van der Waals surface area contributed by atoms with Gasteiger partial charge in [0.25, 0.3) is 0 Å². The second kappa shape index (κ2) is 12.8. The van der Waals surface area contributed by atoms with Gasteiger partial charge in [0.1, 0.15) is 5.25 Å². The van der Waals surface area contributed by atoms with E-state index in [4.69, 9.17) is 0 Å². The summed E-state index contributed by atoms with van der Waals surface area (Å²) in [4.78, 5) is 27.1. The highest BCUT2D eigenvalue weighted by Crippen LogP contribution is 2.37. The molecule has 1 atom stereocenters. The van der Waals surface area contributed by atoms with Crippen LogP contribution in [0.2, 0.25) is 0 Å². The summed E-state index contributed by atoms with van der Waals surface area (Å²) < 4.78 is 2.30. The predicted octanol–water partition coefficient (Wildman–Crippen LogP) is 8.94. The van der Waals surface area contributed by atoms with Crippen molar-refractivity contribution in [2.45, 2.75) is 23.6 Å². The summed E-state index contributed by atoms with van der Waals surface area (Å²) in [5.74, 6) is -0.303. The third-order valence-electron chi connectivity index (χ3n) is 7.30. The Morgan fingerprint density at radius 3 is 2.12 bits per heavy atom. The van der Waals surface area contributed by atoms with Crippen molar-refractivity contribution in [1.29, 1.82) is 0 Å². The molecule has 0 aliphatic rings. The third kappa shape index (κ3) is 6.40. The number of aryl methyl sites for hydroxylation is 1. The Morgan fingerprint density at radius 1 is 0.721 bits per heavy atom. The molecule has 2 amide bonds. The standard InChI is InChI=1S/C37H31N3O2S/c1-2-40-33-16-10-9-15-31(33)32-25-29(20-23-34(32)40)39-37(42)36(27-13-7-4-8-14-27)43-30-21-18-28(19-22-30)38-35(41)24-17-26-11-5-3-6-12-26/h3-25,36H,2H2,1H3,(H,38,41)(H,39,42)/b24-17+. The Hall–Kier alpha value is -5.07. The first-order valence-electron chi connectivity index (χ1n) is 14.3. The quantitative estimate of drug-likeness (QED) is 0.132. The number of aromatic nitrogens is 1. The molecular formula is C37H31N3O2S. The SMILES string of the molecule is CCn1c2ccccc2c2cc(NC(=O)C(Sc3ccc(NC(=O)/C=C/c4ccccc4)cc3)c3ccccc3)ccc21. The summed E-state index contributed by atoms with van der Waals surface area (Å²) in [5, 5.41) is 7.90. The van der Waals surface area contributed by atoms with E-state index < -0.39 is 5.25 Å². The van der Waals surface area contributed by atoms with E-state index in [0.717, 1.165) is 39.2 Å². The lowest BCUT2D eigenvalue weighted by atomic mass is 10.1. The lowest BCUT2D eigenvalue weighted by molar-refractivity contribution is -0.116. The second-order valence-electron chi connectivity index (χ2n) is 10.1. The lowest BCUT2D eigenvalue weighted by Gasteiger charge is -2.17. The van der Waals surface area contributed by atoms with Crippen molar-refractivity contribution in [1.82, 2.24) is 4.57 Å². The Bertz CT molecular complexity index is 1910. The fourth-order valence-corrected chi connectivity index (χ4v) is 6.28. The van der Waals surface area contributed by atoms with Crippen LogP contribution < -0.4 is 10.6 Å². The molecule has 5 nitrogen and oxygen atoms in total. The Morgan fingerprint density at radius 2 is 1.37 bits per heavy atom. The molecule has 0 saturated carbocycles. The smallest absolute Gasteiger partial charge is 0.248 e. The van der Waals surface area contributed by atoms with Gasteiger partial charge >= 0.3 is 0 Å². The van der Waals surface area contributed by atoms with E-state index in [-0.39, 0.29) is 11.8 Å². The van der Waals surface area contributed by atoms with Crippen molar-refractivity contribution in [3.05, 3.63) is 145 Å². The van der Waals surface area contributed by atoms with Crippen LogP contribution in [0.25, 0.3) is 27.9 Å². The van der Waals surface area contributed by atoms with E-state index in [0.29, 0.717) is 5.69 Å². The highest BCUT2D eigenvalue weighted by Gasteiger charge is 2.23. The zero-order valence-corrected chi connectivity index (χ0v) is 24.6. The van der Waals surface area contributed by atoms with Gasteiger partial charge in [-0.3, -0.25) is 9.59 Å². The number of thioether (sulfide) groups is 1. The summed E-state index contributed by atoms with van der Waals surface area (Å²) in [7, 11) is 0. The summed E-state index contributed by atoms with van der Waals surface area (Å²) in [6.45, 7) is 3.02. The minimum Gasteiger partial charge on any atom is -0.341 e. The average molecular weight is 582 g/mol. The topological polar surface area (TPSA) is 63.1 Å². The number of hydrogen-bond donors (Lipinski definition) is 2. The number of nitrogens with zero attached hydrogens (tertiary/aromatic N) is 1. The number of para-hydroxylation sites is 1. The van der Waals surface area contributed by atoms with Gasteiger partial charge in [-0.15, -0.1) is 11.8 Å². The highest BCUT2D eigenvalue weighted by atomic mass is 32.2. The Kier molecular flexibility index (Phi) is 8.38. The monoisotopic (exact) mass is 581 g/mol. The molecule has 0 fully saturated rings. The van der Waals surface area contributed by atoms with Crippen LogP contribution in [-0.4, -0.2) is 16.4 Å². The molecule has 1 aromatic heterocycles. The largest absolute Gasteiger partial charge is 0.341 e. The van der Waals surface area contributed by atoms with Crippen LogP contribution in [0.1, 0.15) is 23.3 Å². The van der Waals surface area contributed by atoms with Crippen LogP contribution in [0.5, 0.6) is 0 Å². The van der Waals surface area contributed by atoms with Gasteiger partial charge in [-0.25, -0.2) is 0 Å².